The second kappa shape index (κ2) is 3.71. The first-order valence-electron chi connectivity index (χ1n) is 3.55. The third-order valence-corrected chi connectivity index (χ3v) is 2.04. The standard InChI is InChI=1S/C9H17/c1-6-8(4)9(5)7(2)3/h6-7,9H,1H2,2-5H3. The summed E-state index contributed by atoms with van der Waals surface area (Å²) in [6.45, 7) is 12.6. The van der Waals surface area contributed by atoms with E-state index in [4.69, 9.17) is 0 Å². The van der Waals surface area contributed by atoms with Crippen molar-refractivity contribution in [3.05, 3.63) is 18.6 Å². The summed E-state index contributed by atoms with van der Waals surface area (Å²) in [6, 6.07) is 0. The van der Waals surface area contributed by atoms with E-state index in [9.17, 15) is 0 Å². The first kappa shape index (κ1) is 8.74. The smallest absolute Gasteiger partial charge is 0.0211 e. The minimum atomic E-state index is 0.683. The normalized spacial score (nSPS) is 16.4. The molecule has 0 amide bonds. The van der Waals surface area contributed by atoms with Crippen LogP contribution in [-0.2, 0) is 0 Å². The predicted octanol–water partition coefficient (Wildman–Crippen LogP) is 3.06. The molecule has 53 valence electrons. The molecule has 0 spiro atoms. The van der Waals surface area contributed by atoms with Crippen LogP contribution in [0.5, 0.6) is 0 Å². The van der Waals surface area contributed by atoms with E-state index in [2.05, 4.69) is 34.6 Å². The summed E-state index contributed by atoms with van der Waals surface area (Å²) < 4.78 is 0. The lowest BCUT2D eigenvalue weighted by atomic mass is 9.91. The quantitative estimate of drug-likeness (QED) is 0.532. The van der Waals surface area contributed by atoms with Crippen molar-refractivity contribution in [2.45, 2.75) is 27.7 Å². The fourth-order valence-corrected chi connectivity index (χ4v) is 0.712. The van der Waals surface area contributed by atoms with Gasteiger partial charge < -0.3 is 0 Å². The van der Waals surface area contributed by atoms with Crippen molar-refractivity contribution in [2.24, 2.45) is 11.8 Å². The molecule has 1 atom stereocenters. The summed E-state index contributed by atoms with van der Waals surface area (Å²) in [5, 5.41) is 0. The molecule has 0 aromatic rings. The lowest BCUT2D eigenvalue weighted by Gasteiger charge is -2.15. The van der Waals surface area contributed by atoms with E-state index in [-0.39, 0.29) is 0 Å². The van der Waals surface area contributed by atoms with E-state index in [1.165, 1.54) is 5.57 Å². The van der Waals surface area contributed by atoms with Gasteiger partial charge in [0, 0.05) is 0 Å². The Morgan fingerprint density at radius 2 is 1.78 bits per heavy atom. The van der Waals surface area contributed by atoms with E-state index in [1.54, 1.807) is 0 Å². The van der Waals surface area contributed by atoms with Crippen LogP contribution in [-0.4, -0.2) is 0 Å². The van der Waals surface area contributed by atoms with E-state index < -0.39 is 0 Å². The van der Waals surface area contributed by atoms with Crippen LogP contribution < -0.4 is 0 Å². The Balaban J connectivity index is 3.88. The SMILES string of the molecule is [CH2]C=C(C)C(C)C(C)C. The molecule has 0 aliphatic carbocycles. The van der Waals surface area contributed by atoms with Crippen LogP contribution in [0.2, 0.25) is 0 Å². The average Bonchev–Trinajstić information content (AvgIpc) is 1.84. The predicted molar refractivity (Wildman–Crippen MR) is 43.1 cm³/mol. The van der Waals surface area contributed by atoms with Crippen molar-refractivity contribution in [3.8, 4) is 0 Å². The van der Waals surface area contributed by atoms with Crippen LogP contribution in [0.15, 0.2) is 11.6 Å². The summed E-state index contributed by atoms with van der Waals surface area (Å²) in [5.41, 5.74) is 1.39. The molecule has 0 aliphatic heterocycles. The van der Waals surface area contributed by atoms with Crippen molar-refractivity contribution < 1.29 is 0 Å². The molecule has 0 nitrogen and oxygen atoms in total. The number of allylic oxidation sites excluding steroid dienone is 2. The van der Waals surface area contributed by atoms with Gasteiger partial charge in [-0.05, 0) is 25.7 Å². The maximum Gasteiger partial charge on any atom is -0.0211 e. The van der Waals surface area contributed by atoms with E-state index >= 15 is 0 Å². The van der Waals surface area contributed by atoms with E-state index in [0.29, 0.717) is 5.92 Å². The van der Waals surface area contributed by atoms with Crippen molar-refractivity contribution in [3.63, 3.8) is 0 Å². The Kier molecular flexibility index (Phi) is 3.60. The zero-order valence-corrected chi connectivity index (χ0v) is 6.94. The minimum absolute atomic E-state index is 0.683. The molecule has 0 bridgehead atoms. The maximum absolute atomic E-state index is 3.73. The monoisotopic (exact) mass is 125 g/mol. The van der Waals surface area contributed by atoms with Crippen LogP contribution in [0.25, 0.3) is 0 Å². The van der Waals surface area contributed by atoms with Gasteiger partial charge in [-0.25, -0.2) is 0 Å². The fourth-order valence-electron chi connectivity index (χ4n) is 0.712. The van der Waals surface area contributed by atoms with Crippen LogP contribution in [0.3, 0.4) is 0 Å². The molecule has 0 aromatic carbocycles. The van der Waals surface area contributed by atoms with Gasteiger partial charge in [-0.1, -0.05) is 32.4 Å². The Bertz CT molecular complexity index is 98.6. The Morgan fingerprint density at radius 1 is 1.33 bits per heavy atom. The topological polar surface area (TPSA) is 0 Å². The van der Waals surface area contributed by atoms with Crippen molar-refractivity contribution in [1.82, 2.24) is 0 Å². The van der Waals surface area contributed by atoms with Crippen molar-refractivity contribution in [2.75, 3.05) is 0 Å². The van der Waals surface area contributed by atoms with Crippen molar-refractivity contribution >= 4 is 0 Å². The highest BCUT2D eigenvalue weighted by molar-refractivity contribution is 5.04. The van der Waals surface area contributed by atoms with Crippen LogP contribution >= 0.6 is 0 Å². The second-order valence-electron chi connectivity index (χ2n) is 2.98. The van der Waals surface area contributed by atoms with Crippen LogP contribution in [0.1, 0.15) is 27.7 Å². The van der Waals surface area contributed by atoms with Crippen LogP contribution in [0.4, 0.5) is 0 Å². The van der Waals surface area contributed by atoms with E-state index in [0.717, 1.165) is 5.92 Å². The molecule has 0 rings (SSSR count). The third kappa shape index (κ3) is 2.69. The molecule has 0 saturated heterocycles. The highest BCUT2D eigenvalue weighted by atomic mass is 14.1. The molecule has 0 saturated carbocycles. The molecule has 0 N–H and O–H groups in total. The molecule has 0 heterocycles. The Hall–Kier alpha value is -0.260. The zero-order chi connectivity index (χ0) is 7.44. The molecular formula is C9H17. The summed E-state index contributed by atoms with van der Waals surface area (Å²) >= 11 is 0. The lowest BCUT2D eigenvalue weighted by molar-refractivity contribution is 0.480. The van der Waals surface area contributed by atoms with Gasteiger partial charge >= 0.3 is 0 Å². The van der Waals surface area contributed by atoms with Gasteiger partial charge in [0.05, 0.1) is 0 Å². The van der Waals surface area contributed by atoms with Gasteiger partial charge in [0.25, 0.3) is 0 Å². The lowest BCUT2D eigenvalue weighted by Crippen LogP contribution is -2.04. The van der Waals surface area contributed by atoms with Gasteiger partial charge in [-0.15, -0.1) is 0 Å². The maximum atomic E-state index is 3.73. The number of hydrogen-bond acceptors (Lipinski definition) is 0. The zero-order valence-electron chi connectivity index (χ0n) is 6.94. The van der Waals surface area contributed by atoms with Crippen molar-refractivity contribution in [1.29, 1.82) is 0 Å². The van der Waals surface area contributed by atoms with E-state index in [1.807, 2.05) is 6.08 Å². The Labute approximate surface area is 59.0 Å². The molecular weight excluding hydrogens is 108 g/mol. The first-order chi connectivity index (χ1) is 4.09. The molecule has 1 unspecified atom stereocenters. The third-order valence-electron chi connectivity index (χ3n) is 2.04. The summed E-state index contributed by atoms with van der Waals surface area (Å²) in [7, 11) is 0. The molecule has 0 heteroatoms. The number of rotatable bonds is 2. The molecule has 0 fully saturated rings. The highest BCUT2D eigenvalue weighted by Gasteiger charge is 2.06. The van der Waals surface area contributed by atoms with Gasteiger partial charge in [-0.3, -0.25) is 0 Å². The first-order valence-corrected chi connectivity index (χ1v) is 3.55. The Morgan fingerprint density at radius 3 is 1.89 bits per heavy atom. The largest absolute Gasteiger partial charge is 0.0850 e. The van der Waals surface area contributed by atoms with Gasteiger partial charge in [0.15, 0.2) is 0 Å². The summed E-state index contributed by atoms with van der Waals surface area (Å²) in [5.74, 6) is 1.42. The van der Waals surface area contributed by atoms with Gasteiger partial charge in [0.2, 0.25) is 0 Å². The average molecular weight is 125 g/mol. The highest BCUT2D eigenvalue weighted by Crippen LogP contribution is 2.18. The summed E-state index contributed by atoms with van der Waals surface area (Å²) in [6.07, 6.45) is 1.95. The number of hydrogen-bond donors (Lipinski definition) is 0. The molecule has 1 radical (unpaired) electrons. The van der Waals surface area contributed by atoms with Gasteiger partial charge in [-0.2, -0.15) is 0 Å². The summed E-state index contributed by atoms with van der Waals surface area (Å²) in [4.78, 5) is 0. The molecule has 0 aliphatic rings. The van der Waals surface area contributed by atoms with Gasteiger partial charge in [0.1, 0.15) is 0 Å². The molecule has 0 aromatic heterocycles. The minimum Gasteiger partial charge on any atom is -0.0850 e. The van der Waals surface area contributed by atoms with Crippen LogP contribution in [0, 0.1) is 18.8 Å². The molecule has 9 heavy (non-hydrogen) atoms. The second-order valence-corrected chi connectivity index (χ2v) is 2.98. The fraction of sp³-hybridized carbons (Fsp3) is 0.667.